The average Bonchev–Trinajstić information content (AvgIpc) is 2.58. The van der Waals surface area contributed by atoms with Crippen molar-refractivity contribution < 1.29 is 12.8 Å². The van der Waals surface area contributed by atoms with Gasteiger partial charge >= 0.3 is 0 Å². The second kappa shape index (κ2) is 4.01. The lowest BCUT2D eigenvalue weighted by Gasteiger charge is -2.24. The van der Waals surface area contributed by atoms with Crippen LogP contribution < -0.4 is 4.90 Å². The molecule has 1 saturated heterocycles. The van der Waals surface area contributed by atoms with Crippen molar-refractivity contribution >= 4 is 15.7 Å². The van der Waals surface area contributed by atoms with Gasteiger partial charge in [0.15, 0.2) is 9.84 Å². The van der Waals surface area contributed by atoms with E-state index in [9.17, 15) is 12.8 Å². The van der Waals surface area contributed by atoms with Gasteiger partial charge in [-0.25, -0.2) is 13.4 Å². The highest BCUT2D eigenvalue weighted by atomic mass is 32.2. The Balaban J connectivity index is 2.17. The van der Waals surface area contributed by atoms with Gasteiger partial charge in [0.1, 0.15) is 5.82 Å². The molecular weight excluding hydrogens is 231 g/mol. The van der Waals surface area contributed by atoms with Crippen LogP contribution >= 0.6 is 0 Å². The van der Waals surface area contributed by atoms with Gasteiger partial charge in [-0.3, -0.25) is 0 Å². The molecule has 4 nitrogen and oxygen atoms in total. The Morgan fingerprint density at radius 3 is 2.81 bits per heavy atom. The van der Waals surface area contributed by atoms with E-state index in [1.165, 1.54) is 6.07 Å². The van der Waals surface area contributed by atoms with Crippen LogP contribution in [0.15, 0.2) is 18.2 Å². The molecular formula is C10H13FN2O2S. The topological polar surface area (TPSA) is 50.3 Å². The molecule has 0 aromatic carbocycles. The Labute approximate surface area is 94.0 Å². The smallest absolute Gasteiger partial charge is 0.214 e. The highest BCUT2D eigenvalue weighted by Crippen LogP contribution is 2.21. The van der Waals surface area contributed by atoms with Crippen LogP contribution in [0, 0.1) is 5.95 Å². The highest BCUT2D eigenvalue weighted by molar-refractivity contribution is 7.91. The van der Waals surface area contributed by atoms with E-state index in [1.54, 1.807) is 24.1 Å². The molecule has 0 amide bonds. The van der Waals surface area contributed by atoms with E-state index in [-0.39, 0.29) is 17.5 Å². The van der Waals surface area contributed by atoms with Crippen molar-refractivity contribution in [2.45, 2.75) is 12.5 Å². The molecule has 1 aromatic rings. The fourth-order valence-electron chi connectivity index (χ4n) is 1.86. The number of nitrogens with zero attached hydrogens (tertiary/aromatic N) is 2. The molecule has 0 N–H and O–H groups in total. The molecule has 0 saturated carbocycles. The number of halogens is 1. The summed E-state index contributed by atoms with van der Waals surface area (Å²) in [4.78, 5) is 5.46. The van der Waals surface area contributed by atoms with E-state index >= 15 is 0 Å². The van der Waals surface area contributed by atoms with Gasteiger partial charge < -0.3 is 4.90 Å². The number of anilines is 1. The molecule has 16 heavy (non-hydrogen) atoms. The van der Waals surface area contributed by atoms with Gasteiger partial charge in [0.05, 0.1) is 11.5 Å². The van der Waals surface area contributed by atoms with Crippen molar-refractivity contribution in [3.8, 4) is 0 Å². The van der Waals surface area contributed by atoms with Crippen molar-refractivity contribution in [1.29, 1.82) is 0 Å². The van der Waals surface area contributed by atoms with Crippen LogP contribution in [0.25, 0.3) is 0 Å². The Hall–Kier alpha value is -1.17. The van der Waals surface area contributed by atoms with Gasteiger partial charge in [-0.15, -0.1) is 0 Å². The molecule has 1 unspecified atom stereocenters. The number of rotatable bonds is 2. The molecule has 6 heteroatoms. The fraction of sp³-hybridized carbons (Fsp3) is 0.500. The van der Waals surface area contributed by atoms with E-state index in [1.807, 2.05) is 0 Å². The van der Waals surface area contributed by atoms with E-state index < -0.39 is 15.8 Å². The predicted octanol–water partition coefficient (Wildman–Crippen LogP) is 0.844. The van der Waals surface area contributed by atoms with Gasteiger partial charge in [-0.2, -0.15) is 4.39 Å². The van der Waals surface area contributed by atoms with E-state index in [2.05, 4.69) is 4.98 Å². The molecule has 0 bridgehead atoms. The van der Waals surface area contributed by atoms with Crippen LogP contribution in [0.1, 0.15) is 6.42 Å². The maximum absolute atomic E-state index is 12.9. The van der Waals surface area contributed by atoms with Crippen LogP contribution in [0.2, 0.25) is 0 Å². The summed E-state index contributed by atoms with van der Waals surface area (Å²) in [6.45, 7) is 0. The average molecular weight is 244 g/mol. The summed E-state index contributed by atoms with van der Waals surface area (Å²) >= 11 is 0. The summed E-state index contributed by atoms with van der Waals surface area (Å²) in [5.74, 6) is 0.256. The SMILES string of the molecule is CN(c1cccc(F)n1)C1CCS(=O)(=O)C1. The summed E-state index contributed by atoms with van der Waals surface area (Å²) in [7, 11) is -1.18. The van der Waals surface area contributed by atoms with Gasteiger partial charge in [0.25, 0.3) is 0 Å². The Morgan fingerprint density at radius 1 is 1.50 bits per heavy atom. The standard InChI is InChI=1S/C10H13FN2O2S/c1-13(8-5-6-16(14,15)7-8)10-4-2-3-9(11)12-10/h2-4,8H,5-7H2,1H3. The van der Waals surface area contributed by atoms with Gasteiger partial charge in [-0.1, -0.05) is 6.07 Å². The van der Waals surface area contributed by atoms with Gasteiger partial charge in [0, 0.05) is 13.1 Å². The first-order valence-corrected chi connectivity index (χ1v) is 6.86. The van der Waals surface area contributed by atoms with Crippen LogP contribution in [0.3, 0.4) is 0 Å². The molecule has 1 aliphatic heterocycles. The van der Waals surface area contributed by atoms with E-state index in [0.29, 0.717) is 12.2 Å². The predicted molar refractivity (Wildman–Crippen MR) is 59.7 cm³/mol. The normalized spacial score (nSPS) is 23.2. The van der Waals surface area contributed by atoms with Gasteiger partial charge in [0.2, 0.25) is 5.95 Å². The minimum absolute atomic E-state index is 0.0979. The zero-order valence-corrected chi connectivity index (χ0v) is 9.74. The fourth-order valence-corrected chi connectivity index (χ4v) is 3.64. The van der Waals surface area contributed by atoms with Gasteiger partial charge in [-0.05, 0) is 18.6 Å². The molecule has 2 rings (SSSR count). The first kappa shape index (κ1) is 11.3. The zero-order valence-electron chi connectivity index (χ0n) is 8.93. The first-order chi connectivity index (χ1) is 7.48. The summed E-state index contributed by atoms with van der Waals surface area (Å²) in [6.07, 6.45) is 0.580. The number of sulfone groups is 1. The molecule has 1 aliphatic rings. The molecule has 2 heterocycles. The van der Waals surface area contributed by atoms with Crippen molar-refractivity contribution in [3.05, 3.63) is 24.1 Å². The Kier molecular flexibility index (Phi) is 2.84. The third-order valence-electron chi connectivity index (χ3n) is 2.82. The molecule has 0 spiro atoms. The van der Waals surface area contributed by atoms with Crippen LogP contribution in [0.5, 0.6) is 0 Å². The number of pyridine rings is 1. The second-order valence-corrected chi connectivity index (χ2v) is 6.21. The monoisotopic (exact) mass is 244 g/mol. The summed E-state index contributed by atoms with van der Waals surface area (Å²) in [5.41, 5.74) is 0. The zero-order chi connectivity index (χ0) is 11.8. The quantitative estimate of drug-likeness (QED) is 0.723. The lowest BCUT2D eigenvalue weighted by molar-refractivity contribution is 0.577. The Morgan fingerprint density at radius 2 is 2.25 bits per heavy atom. The minimum Gasteiger partial charge on any atom is -0.356 e. The van der Waals surface area contributed by atoms with Crippen molar-refractivity contribution in [1.82, 2.24) is 4.98 Å². The highest BCUT2D eigenvalue weighted by Gasteiger charge is 2.31. The van der Waals surface area contributed by atoms with Crippen molar-refractivity contribution in [2.24, 2.45) is 0 Å². The lowest BCUT2D eigenvalue weighted by atomic mass is 10.2. The lowest BCUT2D eigenvalue weighted by Crippen LogP contribution is -2.33. The molecule has 1 fully saturated rings. The molecule has 1 atom stereocenters. The third-order valence-corrected chi connectivity index (χ3v) is 4.57. The molecule has 1 aromatic heterocycles. The van der Waals surface area contributed by atoms with Crippen LogP contribution in [0.4, 0.5) is 10.2 Å². The maximum atomic E-state index is 12.9. The summed E-state index contributed by atoms with van der Waals surface area (Å²) in [6, 6.07) is 4.41. The summed E-state index contributed by atoms with van der Waals surface area (Å²) < 4.78 is 35.6. The largest absolute Gasteiger partial charge is 0.356 e. The second-order valence-electron chi connectivity index (χ2n) is 3.99. The van der Waals surface area contributed by atoms with Crippen molar-refractivity contribution in [2.75, 3.05) is 23.5 Å². The Bertz CT molecular complexity index is 489. The molecule has 0 radical (unpaired) electrons. The van der Waals surface area contributed by atoms with Crippen LogP contribution in [-0.4, -0.2) is 38.0 Å². The minimum atomic E-state index is -2.92. The van der Waals surface area contributed by atoms with Crippen LogP contribution in [-0.2, 0) is 9.84 Å². The number of hydrogen-bond acceptors (Lipinski definition) is 4. The number of hydrogen-bond donors (Lipinski definition) is 0. The molecule has 0 aliphatic carbocycles. The van der Waals surface area contributed by atoms with E-state index in [4.69, 9.17) is 0 Å². The number of aromatic nitrogens is 1. The third kappa shape index (κ3) is 2.32. The van der Waals surface area contributed by atoms with Crippen molar-refractivity contribution in [3.63, 3.8) is 0 Å². The molecule has 88 valence electrons. The maximum Gasteiger partial charge on any atom is 0.214 e. The summed E-state index contributed by atoms with van der Waals surface area (Å²) in [5, 5.41) is 0. The van der Waals surface area contributed by atoms with E-state index in [0.717, 1.165) is 0 Å². The first-order valence-electron chi connectivity index (χ1n) is 5.04.